The molecule has 6 nitrogen and oxygen atoms in total. The second kappa shape index (κ2) is 10.9. The van der Waals surface area contributed by atoms with Crippen molar-refractivity contribution in [2.75, 3.05) is 40.1 Å². The summed E-state index contributed by atoms with van der Waals surface area (Å²) in [5.41, 5.74) is 0.906. The Morgan fingerprint density at radius 3 is 2.84 bits per heavy atom. The molecule has 1 heterocycles. The van der Waals surface area contributed by atoms with Gasteiger partial charge in [0.2, 0.25) is 0 Å². The van der Waals surface area contributed by atoms with Gasteiger partial charge in [0.05, 0.1) is 18.9 Å². The van der Waals surface area contributed by atoms with E-state index in [9.17, 15) is 0 Å². The number of hydrogen-bond acceptors (Lipinski definition) is 6. The highest BCUT2D eigenvalue weighted by atomic mass is 16.5. The zero-order chi connectivity index (χ0) is 13.8. The number of ether oxygens (including phenoxy) is 3. The number of nitrogens with one attached hydrogen (secondary N) is 1. The molecule has 0 unspecified atom stereocenters. The van der Waals surface area contributed by atoms with E-state index in [0.29, 0.717) is 33.0 Å². The quantitative estimate of drug-likeness (QED) is 0.579. The second-order valence-electron chi connectivity index (χ2n) is 4.08. The maximum absolute atomic E-state index is 5.48. The maximum atomic E-state index is 5.48. The van der Waals surface area contributed by atoms with Gasteiger partial charge in [0, 0.05) is 32.9 Å². The molecule has 0 aliphatic heterocycles. The fraction of sp³-hybridized carbons (Fsp3) is 0.769. The lowest BCUT2D eigenvalue weighted by Crippen LogP contribution is -2.11. The van der Waals surface area contributed by atoms with Crippen LogP contribution in [0.5, 0.6) is 0 Å². The summed E-state index contributed by atoms with van der Waals surface area (Å²) in [6, 6.07) is 1.91. The van der Waals surface area contributed by atoms with E-state index in [0.717, 1.165) is 31.0 Å². The summed E-state index contributed by atoms with van der Waals surface area (Å²) >= 11 is 0. The maximum Gasteiger partial charge on any atom is 0.162 e. The summed E-state index contributed by atoms with van der Waals surface area (Å²) < 4.78 is 20.8. The fourth-order valence-electron chi connectivity index (χ4n) is 1.44. The first-order valence-corrected chi connectivity index (χ1v) is 6.66. The summed E-state index contributed by atoms with van der Waals surface area (Å²) in [5.74, 6) is 0.758. The Bertz CT molecular complexity index is 317. The van der Waals surface area contributed by atoms with Gasteiger partial charge in [-0.3, -0.25) is 0 Å². The zero-order valence-corrected chi connectivity index (χ0v) is 11.8. The highest BCUT2D eigenvalue weighted by Gasteiger charge is 2.03. The summed E-state index contributed by atoms with van der Waals surface area (Å²) in [5, 5.41) is 7.13. The molecule has 0 saturated heterocycles. The van der Waals surface area contributed by atoms with Crippen LogP contribution in [0.2, 0.25) is 0 Å². The minimum absolute atomic E-state index is 0.456. The minimum atomic E-state index is 0.456. The Morgan fingerprint density at radius 1 is 1.21 bits per heavy atom. The normalized spacial score (nSPS) is 11.1. The van der Waals surface area contributed by atoms with Crippen LogP contribution in [0.1, 0.15) is 24.8 Å². The van der Waals surface area contributed by atoms with Crippen molar-refractivity contribution in [2.45, 2.75) is 26.5 Å². The van der Waals surface area contributed by atoms with E-state index in [4.69, 9.17) is 18.7 Å². The molecule has 0 spiro atoms. The van der Waals surface area contributed by atoms with Crippen LogP contribution in [0.3, 0.4) is 0 Å². The fourth-order valence-corrected chi connectivity index (χ4v) is 1.44. The zero-order valence-electron chi connectivity index (χ0n) is 11.8. The van der Waals surface area contributed by atoms with Gasteiger partial charge in [-0.25, -0.2) is 0 Å². The van der Waals surface area contributed by atoms with Crippen molar-refractivity contribution in [1.29, 1.82) is 0 Å². The molecular weight excluding hydrogens is 248 g/mol. The molecule has 0 amide bonds. The van der Waals surface area contributed by atoms with Crippen molar-refractivity contribution in [3.63, 3.8) is 0 Å². The highest BCUT2D eigenvalue weighted by Crippen LogP contribution is 2.05. The van der Waals surface area contributed by atoms with E-state index in [2.05, 4.69) is 17.4 Å². The predicted octanol–water partition coefficient (Wildman–Crippen LogP) is 1.35. The van der Waals surface area contributed by atoms with Crippen LogP contribution in [0, 0.1) is 0 Å². The van der Waals surface area contributed by atoms with Gasteiger partial charge in [-0.1, -0.05) is 12.1 Å². The third kappa shape index (κ3) is 7.94. The lowest BCUT2D eigenvalue weighted by Gasteiger charge is -2.03. The highest BCUT2D eigenvalue weighted by molar-refractivity contribution is 5.04. The number of nitrogens with zero attached hydrogens (tertiary/aromatic N) is 1. The molecule has 1 N–H and O–H groups in total. The van der Waals surface area contributed by atoms with Crippen LogP contribution in [-0.2, 0) is 27.4 Å². The van der Waals surface area contributed by atoms with Crippen LogP contribution in [-0.4, -0.2) is 45.2 Å². The van der Waals surface area contributed by atoms with Crippen molar-refractivity contribution < 1.29 is 18.7 Å². The predicted molar refractivity (Wildman–Crippen MR) is 70.9 cm³/mol. The molecule has 1 rings (SSSR count). The average Bonchev–Trinajstić information content (AvgIpc) is 2.87. The molecule has 0 aliphatic rings. The first-order chi connectivity index (χ1) is 9.36. The lowest BCUT2D eigenvalue weighted by atomic mass is 10.3. The largest absolute Gasteiger partial charge is 0.382 e. The van der Waals surface area contributed by atoms with E-state index in [-0.39, 0.29) is 0 Å². The van der Waals surface area contributed by atoms with E-state index in [1.165, 1.54) is 0 Å². The van der Waals surface area contributed by atoms with Gasteiger partial charge >= 0.3 is 0 Å². The molecular formula is C13H24N2O4. The number of hydrogen-bond donors (Lipinski definition) is 1. The van der Waals surface area contributed by atoms with Crippen molar-refractivity contribution >= 4 is 0 Å². The van der Waals surface area contributed by atoms with E-state index >= 15 is 0 Å². The standard InChI is InChI=1S/C13H24N2O4/c1-3-14-10-12-9-13(19-15-12)11-18-6-4-5-17-8-7-16-2/h9,14H,3-8,10-11H2,1-2H3. The van der Waals surface area contributed by atoms with Gasteiger partial charge < -0.3 is 24.1 Å². The van der Waals surface area contributed by atoms with Crippen LogP contribution in [0.4, 0.5) is 0 Å². The molecule has 0 fully saturated rings. The van der Waals surface area contributed by atoms with Gasteiger partial charge in [0.1, 0.15) is 6.61 Å². The molecule has 19 heavy (non-hydrogen) atoms. The molecule has 0 aromatic carbocycles. The van der Waals surface area contributed by atoms with Crippen molar-refractivity contribution in [3.05, 3.63) is 17.5 Å². The Morgan fingerprint density at radius 2 is 2.05 bits per heavy atom. The Hall–Kier alpha value is -0.950. The van der Waals surface area contributed by atoms with Crippen LogP contribution >= 0.6 is 0 Å². The van der Waals surface area contributed by atoms with Crippen molar-refractivity contribution in [1.82, 2.24) is 10.5 Å². The van der Waals surface area contributed by atoms with E-state index in [1.54, 1.807) is 7.11 Å². The Labute approximate surface area is 114 Å². The molecule has 0 bridgehead atoms. The average molecular weight is 272 g/mol. The molecule has 1 aromatic rings. The molecule has 0 saturated carbocycles. The molecule has 110 valence electrons. The van der Waals surface area contributed by atoms with E-state index in [1.807, 2.05) is 6.07 Å². The molecule has 0 aliphatic carbocycles. The molecule has 0 atom stereocenters. The summed E-state index contributed by atoms with van der Waals surface area (Å²) in [4.78, 5) is 0. The van der Waals surface area contributed by atoms with Crippen LogP contribution in [0.15, 0.2) is 10.6 Å². The first kappa shape index (κ1) is 16.1. The number of rotatable bonds is 12. The molecule has 6 heteroatoms. The Balaban J connectivity index is 1.98. The number of aromatic nitrogens is 1. The lowest BCUT2D eigenvalue weighted by molar-refractivity contribution is 0.0443. The molecule has 1 aromatic heterocycles. The molecule has 0 radical (unpaired) electrons. The smallest absolute Gasteiger partial charge is 0.162 e. The number of methoxy groups -OCH3 is 1. The van der Waals surface area contributed by atoms with Crippen LogP contribution < -0.4 is 5.32 Å². The van der Waals surface area contributed by atoms with Gasteiger partial charge in [-0.05, 0) is 13.0 Å². The van der Waals surface area contributed by atoms with Crippen molar-refractivity contribution in [3.8, 4) is 0 Å². The third-order valence-corrected chi connectivity index (χ3v) is 2.42. The van der Waals surface area contributed by atoms with Crippen LogP contribution in [0.25, 0.3) is 0 Å². The summed E-state index contributed by atoms with van der Waals surface area (Å²) in [7, 11) is 1.66. The van der Waals surface area contributed by atoms with Gasteiger partial charge in [0.15, 0.2) is 5.76 Å². The SMILES string of the molecule is CCNCc1cc(COCCCOCCOC)on1. The van der Waals surface area contributed by atoms with Gasteiger partial charge in [-0.2, -0.15) is 0 Å². The first-order valence-electron chi connectivity index (χ1n) is 6.66. The van der Waals surface area contributed by atoms with Gasteiger partial charge in [0.25, 0.3) is 0 Å². The van der Waals surface area contributed by atoms with E-state index < -0.39 is 0 Å². The monoisotopic (exact) mass is 272 g/mol. The van der Waals surface area contributed by atoms with Crippen molar-refractivity contribution in [2.24, 2.45) is 0 Å². The minimum Gasteiger partial charge on any atom is -0.382 e. The Kier molecular flexibility index (Phi) is 9.26. The second-order valence-corrected chi connectivity index (χ2v) is 4.08. The third-order valence-electron chi connectivity index (χ3n) is 2.42. The summed E-state index contributed by atoms with van der Waals surface area (Å²) in [6.45, 7) is 6.76. The van der Waals surface area contributed by atoms with Gasteiger partial charge in [-0.15, -0.1) is 0 Å². The summed E-state index contributed by atoms with van der Waals surface area (Å²) in [6.07, 6.45) is 0.863. The topological polar surface area (TPSA) is 65.8 Å².